The summed E-state index contributed by atoms with van der Waals surface area (Å²) in [5, 5.41) is 15.0. The molecule has 0 saturated carbocycles. The van der Waals surface area contributed by atoms with Crippen molar-refractivity contribution in [2.45, 2.75) is 52.0 Å². The van der Waals surface area contributed by atoms with Crippen molar-refractivity contribution in [3.8, 4) is 0 Å². The Morgan fingerprint density at radius 2 is 1.89 bits per heavy atom. The summed E-state index contributed by atoms with van der Waals surface area (Å²) in [5.41, 5.74) is 1.09. The molecule has 0 radical (unpaired) electrons. The summed E-state index contributed by atoms with van der Waals surface area (Å²) in [6.45, 7) is 6.62. The lowest BCUT2D eigenvalue weighted by Crippen LogP contribution is -2.53. The molecular weight excluding hydrogens is 348 g/mol. The molecule has 0 atom stereocenters. The predicted octanol–water partition coefficient (Wildman–Crippen LogP) is 2.73. The fourth-order valence-electron chi connectivity index (χ4n) is 3.23. The highest BCUT2D eigenvalue weighted by Gasteiger charge is 2.36. The molecule has 1 aromatic carbocycles. The number of carbonyl (C=O) groups is 3. The lowest BCUT2D eigenvalue weighted by molar-refractivity contribution is -0.139. The highest BCUT2D eigenvalue weighted by atomic mass is 16.5. The van der Waals surface area contributed by atoms with E-state index < -0.39 is 11.5 Å². The zero-order chi connectivity index (χ0) is 20.0. The summed E-state index contributed by atoms with van der Waals surface area (Å²) in [5.74, 6) is -1.06. The number of carboxylic acid groups (broad SMARTS) is 1. The summed E-state index contributed by atoms with van der Waals surface area (Å²) in [6.07, 6.45) is 1.23. The molecule has 0 spiro atoms. The maximum Gasteiger partial charge on any atom is 0.305 e. The number of ether oxygens (including phenoxy) is 1. The molecule has 1 heterocycles. The largest absolute Gasteiger partial charge is 0.481 e. The number of carbonyl (C=O) groups excluding carboxylic acids is 2. The first kappa shape index (κ1) is 20.9. The van der Waals surface area contributed by atoms with Crippen molar-refractivity contribution in [3.63, 3.8) is 0 Å². The number of anilines is 1. The van der Waals surface area contributed by atoms with Crippen LogP contribution in [-0.4, -0.2) is 41.6 Å². The molecule has 1 aliphatic heterocycles. The Hall–Kier alpha value is -2.41. The van der Waals surface area contributed by atoms with Crippen molar-refractivity contribution in [3.05, 3.63) is 29.3 Å². The molecule has 3 N–H and O–H groups in total. The van der Waals surface area contributed by atoms with Crippen LogP contribution in [0.1, 0.15) is 55.5 Å². The lowest BCUT2D eigenvalue weighted by Gasteiger charge is -2.36. The third-order valence-electron chi connectivity index (χ3n) is 4.67. The monoisotopic (exact) mass is 376 g/mol. The normalized spacial score (nSPS) is 16.0. The van der Waals surface area contributed by atoms with E-state index in [-0.39, 0.29) is 24.2 Å². The van der Waals surface area contributed by atoms with E-state index in [1.807, 2.05) is 20.8 Å². The van der Waals surface area contributed by atoms with Crippen molar-refractivity contribution >= 4 is 23.5 Å². The summed E-state index contributed by atoms with van der Waals surface area (Å²) in [6, 6.07) is 5.05. The van der Waals surface area contributed by atoms with Crippen LogP contribution in [0.5, 0.6) is 0 Å². The quantitative estimate of drug-likeness (QED) is 0.679. The van der Waals surface area contributed by atoms with Crippen molar-refractivity contribution in [1.29, 1.82) is 0 Å². The first-order valence-corrected chi connectivity index (χ1v) is 9.23. The van der Waals surface area contributed by atoms with Gasteiger partial charge in [0.15, 0.2) is 0 Å². The van der Waals surface area contributed by atoms with Crippen molar-refractivity contribution in [1.82, 2.24) is 5.32 Å². The number of hydrogen-bond donors (Lipinski definition) is 3. The smallest absolute Gasteiger partial charge is 0.305 e. The van der Waals surface area contributed by atoms with Gasteiger partial charge < -0.3 is 20.5 Å². The predicted molar refractivity (Wildman–Crippen MR) is 102 cm³/mol. The van der Waals surface area contributed by atoms with Crippen LogP contribution in [0.25, 0.3) is 0 Å². The third-order valence-corrected chi connectivity index (χ3v) is 4.67. The van der Waals surface area contributed by atoms with E-state index in [9.17, 15) is 19.5 Å². The van der Waals surface area contributed by atoms with Crippen LogP contribution < -0.4 is 10.6 Å². The zero-order valence-corrected chi connectivity index (χ0v) is 16.1. The van der Waals surface area contributed by atoms with Gasteiger partial charge in [0.05, 0.1) is 12.0 Å². The van der Waals surface area contributed by atoms with Gasteiger partial charge in [-0.05, 0) is 49.4 Å². The van der Waals surface area contributed by atoms with Crippen LogP contribution in [-0.2, 0) is 14.3 Å². The van der Waals surface area contributed by atoms with Crippen LogP contribution in [0.3, 0.4) is 0 Å². The van der Waals surface area contributed by atoms with Gasteiger partial charge in [-0.2, -0.15) is 0 Å². The van der Waals surface area contributed by atoms with Gasteiger partial charge >= 0.3 is 5.97 Å². The molecule has 2 rings (SSSR count). The minimum absolute atomic E-state index is 0.0621. The molecule has 0 bridgehead atoms. The van der Waals surface area contributed by atoms with Crippen LogP contribution in [0.2, 0.25) is 0 Å². The molecule has 2 amide bonds. The number of benzene rings is 1. The summed E-state index contributed by atoms with van der Waals surface area (Å²) in [4.78, 5) is 35.9. The number of rotatable bonds is 7. The lowest BCUT2D eigenvalue weighted by atomic mass is 9.86. The van der Waals surface area contributed by atoms with Gasteiger partial charge in [0.1, 0.15) is 0 Å². The van der Waals surface area contributed by atoms with E-state index in [1.54, 1.807) is 18.2 Å². The molecule has 7 heteroatoms. The van der Waals surface area contributed by atoms with Crippen molar-refractivity contribution in [2.24, 2.45) is 5.92 Å². The molecule has 148 valence electrons. The minimum atomic E-state index is -0.948. The molecule has 0 aliphatic carbocycles. The molecule has 0 unspecified atom stereocenters. The number of nitrogens with one attached hydrogen (secondary N) is 2. The Morgan fingerprint density at radius 3 is 2.44 bits per heavy atom. The highest BCUT2D eigenvalue weighted by molar-refractivity contribution is 5.97. The third kappa shape index (κ3) is 6.06. The zero-order valence-electron chi connectivity index (χ0n) is 16.1. The van der Waals surface area contributed by atoms with Crippen molar-refractivity contribution in [2.75, 3.05) is 18.5 Å². The molecule has 27 heavy (non-hydrogen) atoms. The summed E-state index contributed by atoms with van der Waals surface area (Å²) >= 11 is 0. The van der Waals surface area contributed by atoms with E-state index in [0.717, 1.165) is 5.56 Å². The molecule has 1 fully saturated rings. The standard InChI is InChI=1S/C20H28N2O5/c1-13(2)10-17(23)21-16-5-4-15(11-14(16)3)19(26)22-20(12-18(24)25)6-8-27-9-7-20/h4-5,11,13H,6-10,12H2,1-3H3,(H,21,23)(H,22,26)(H,24,25). The summed E-state index contributed by atoms with van der Waals surface area (Å²) < 4.78 is 5.31. The average Bonchev–Trinajstić information content (AvgIpc) is 2.55. The Kier molecular flexibility index (Phi) is 6.96. The number of aryl methyl sites for hydroxylation is 1. The van der Waals surface area contributed by atoms with Crippen LogP contribution in [0.4, 0.5) is 5.69 Å². The van der Waals surface area contributed by atoms with E-state index in [2.05, 4.69) is 10.6 Å². The molecule has 1 aromatic rings. The van der Waals surface area contributed by atoms with E-state index in [4.69, 9.17) is 4.74 Å². The number of aliphatic carboxylic acids is 1. The van der Waals surface area contributed by atoms with Gasteiger partial charge in [0, 0.05) is 30.9 Å². The molecular formula is C20H28N2O5. The maximum atomic E-state index is 12.7. The molecule has 1 saturated heterocycles. The maximum absolute atomic E-state index is 12.7. The van der Waals surface area contributed by atoms with Gasteiger partial charge in [-0.3, -0.25) is 14.4 Å². The number of hydrogen-bond acceptors (Lipinski definition) is 4. The second-order valence-electron chi connectivity index (χ2n) is 7.59. The fourth-order valence-corrected chi connectivity index (χ4v) is 3.23. The fraction of sp³-hybridized carbons (Fsp3) is 0.550. The Morgan fingerprint density at radius 1 is 1.22 bits per heavy atom. The van der Waals surface area contributed by atoms with E-state index in [1.165, 1.54) is 0 Å². The van der Waals surface area contributed by atoms with Crippen molar-refractivity contribution < 1.29 is 24.2 Å². The summed E-state index contributed by atoms with van der Waals surface area (Å²) in [7, 11) is 0. The van der Waals surface area contributed by atoms with Gasteiger partial charge in [-0.15, -0.1) is 0 Å². The van der Waals surface area contributed by atoms with Crippen LogP contribution in [0, 0.1) is 12.8 Å². The second kappa shape index (κ2) is 8.99. The number of amides is 2. The first-order valence-electron chi connectivity index (χ1n) is 9.23. The Labute approximate surface area is 159 Å². The molecule has 0 aromatic heterocycles. The highest BCUT2D eigenvalue weighted by Crippen LogP contribution is 2.26. The SMILES string of the molecule is Cc1cc(C(=O)NC2(CC(=O)O)CCOCC2)ccc1NC(=O)CC(C)C. The van der Waals surface area contributed by atoms with Crippen LogP contribution in [0.15, 0.2) is 18.2 Å². The van der Waals surface area contributed by atoms with Gasteiger partial charge in [0.2, 0.25) is 5.91 Å². The average molecular weight is 376 g/mol. The second-order valence-corrected chi connectivity index (χ2v) is 7.59. The van der Waals surface area contributed by atoms with Gasteiger partial charge in [0.25, 0.3) is 5.91 Å². The molecule has 1 aliphatic rings. The van der Waals surface area contributed by atoms with E-state index >= 15 is 0 Å². The van der Waals surface area contributed by atoms with Crippen LogP contribution >= 0.6 is 0 Å². The molecule has 7 nitrogen and oxygen atoms in total. The van der Waals surface area contributed by atoms with Gasteiger partial charge in [-0.1, -0.05) is 13.8 Å². The first-order chi connectivity index (χ1) is 12.7. The minimum Gasteiger partial charge on any atom is -0.481 e. The van der Waals surface area contributed by atoms with Gasteiger partial charge in [-0.25, -0.2) is 0 Å². The number of carboxylic acids is 1. The Balaban J connectivity index is 2.10. The Bertz CT molecular complexity index is 708. The topological polar surface area (TPSA) is 105 Å². The van der Waals surface area contributed by atoms with E-state index in [0.29, 0.717) is 43.7 Å².